The zero-order valence-electron chi connectivity index (χ0n) is 19.8. The van der Waals surface area contributed by atoms with E-state index in [1.807, 2.05) is 4.57 Å². The molecule has 3 aliphatic carbocycles. The molecular weight excluding hydrogens is 476 g/mol. The van der Waals surface area contributed by atoms with Gasteiger partial charge in [0, 0.05) is 33.2 Å². The first-order valence-electron chi connectivity index (χ1n) is 12.7. The molecule has 1 heterocycles. The third kappa shape index (κ3) is 4.07. The number of Topliss-reactive ketones (excluding diaryl/α,β-unsaturated/α-hetero) is 1. The Morgan fingerprint density at radius 2 is 1.74 bits per heavy atom. The van der Waals surface area contributed by atoms with Crippen LogP contribution in [-0.2, 0) is 11.8 Å². The Morgan fingerprint density at radius 3 is 2.49 bits per heavy atom. The van der Waals surface area contributed by atoms with E-state index in [0.717, 1.165) is 61.8 Å². The molecule has 6 heteroatoms. The zero-order chi connectivity index (χ0) is 24.0. The second-order valence-corrected chi connectivity index (χ2v) is 11.6. The van der Waals surface area contributed by atoms with Crippen LogP contribution in [-0.4, -0.2) is 21.1 Å². The first-order valence-corrected chi connectivity index (χ1v) is 14.1. The van der Waals surface area contributed by atoms with Gasteiger partial charge in [0.2, 0.25) is 0 Å². The van der Waals surface area contributed by atoms with Crippen molar-refractivity contribution < 1.29 is 4.79 Å². The number of hydrogen-bond donors (Lipinski definition) is 0. The monoisotopic (exact) mass is 504 g/mol. The van der Waals surface area contributed by atoms with Crippen LogP contribution < -0.4 is 5.56 Å². The fraction of sp³-hybridized carbons (Fsp3) is 0.414. The molecule has 0 bridgehead atoms. The molecule has 35 heavy (non-hydrogen) atoms. The number of benzene rings is 2. The molecule has 1 aromatic heterocycles. The Morgan fingerprint density at radius 1 is 1.03 bits per heavy atom. The van der Waals surface area contributed by atoms with Gasteiger partial charge >= 0.3 is 0 Å². The molecule has 3 aromatic rings. The van der Waals surface area contributed by atoms with E-state index in [1.165, 1.54) is 30.2 Å². The number of nitrogens with zero attached hydrogens (tertiary/aromatic N) is 2. The van der Waals surface area contributed by atoms with Gasteiger partial charge < -0.3 is 0 Å². The summed E-state index contributed by atoms with van der Waals surface area (Å²) in [6, 6.07) is 15.7. The van der Waals surface area contributed by atoms with Crippen molar-refractivity contribution in [2.45, 2.75) is 74.4 Å². The van der Waals surface area contributed by atoms with Gasteiger partial charge in [-0.25, -0.2) is 4.98 Å². The number of fused-ring (bicyclic) bond motifs is 4. The van der Waals surface area contributed by atoms with Crippen LogP contribution in [0.25, 0.3) is 11.3 Å². The molecule has 1 spiro atoms. The van der Waals surface area contributed by atoms with Crippen LogP contribution in [0.4, 0.5) is 0 Å². The highest BCUT2D eigenvalue weighted by Crippen LogP contribution is 2.50. The van der Waals surface area contributed by atoms with E-state index in [-0.39, 0.29) is 28.6 Å². The minimum absolute atomic E-state index is 0.0157. The Kier molecular flexibility index (Phi) is 6.10. The number of carbonyl (C=O) groups is 1. The number of aromatic nitrogens is 2. The summed E-state index contributed by atoms with van der Waals surface area (Å²) in [5, 5.41) is 1.29. The second kappa shape index (κ2) is 9.25. The zero-order valence-corrected chi connectivity index (χ0v) is 21.3. The maximum atomic E-state index is 14.1. The molecule has 0 amide bonds. The summed E-state index contributed by atoms with van der Waals surface area (Å²) in [4.78, 5) is 32.2. The summed E-state index contributed by atoms with van der Waals surface area (Å²) in [7, 11) is 0. The van der Waals surface area contributed by atoms with E-state index in [0.29, 0.717) is 15.7 Å². The summed E-state index contributed by atoms with van der Waals surface area (Å²) >= 11 is 7.38. The maximum absolute atomic E-state index is 14.1. The molecule has 4 nitrogen and oxygen atoms in total. The van der Waals surface area contributed by atoms with E-state index in [2.05, 4.69) is 24.3 Å². The molecule has 180 valence electrons. The van der Waals surface area contributed by atoms with E-state index in [9.17, 15) is 9.59 Å². The topological polar surface area (TPSA) is 52.0 Å². The highest BCUT2D eigenvalue weighted by molar-refractivity contribution is 7.99. The highest BCUT2D eigenvalue weighted by atomic mass is 35.5. The highest BCUT2D eigenvalue weighted by Gasteiger charge is 2.43. The molecular formula is C29H29ClN2O2S. The largest absolute Gasteiger partial charge is 0.293 e. The lowest BCUT2D eigenvalue weighted by Gasteiger charge is -2.37. The van der Waals surface area contributed by atoms with Gasteiger partial charge in [-0.3, -0.25) is 14.2 Å². The first kappa shape index (κ1) is 23.1. The minimum Gasteiger partial charge on any atom is -0.293 e. The van der Waals surface area contributed by atoms with Gasteiger partial charge in [0.05, 0.1) is 11.4 Å². The third-order valence-corrected chi connectivity index (χ3v) is 9.40. The first-order chi connectivity index (χ1) is 17.1. The van der Waals surface area contributed by atoms with Gasteiger partial charge in [-0.1, -0.05) is 73.3 Å². The average Bonchev–Trinajstić information content (AvgIpc) is 3.57. The fourth-order valence-corrected chi connectivity index (χ4v) is 7.53. The van der Waals surface area contributed by atoms with Gasteiger partial charge in [0.1, 0.15) is 0 Å². The molecule has 3 aliphatic rings. The van der Waals surface area contributed by atoms with Crippen molar-refractivity contribution in [1.82, 2.24) is 9.55 Å². The molecule has 0 radical (unpaired) electrons. The lowest BCUT2D eigenvalue weighted by molar-refractivity contribution is 0.102. The van der Waals surface area contributed by atoms with Crippen LogP contribution in [0, 0.1) is 0 Å². The van der Waals surface area contributed by atoms with Crippen molar-refractivity contribution in [2.75, 3.05) is 5.75 Å². The predicted octanol–water partition coefficient (Wildman–Crippen LogP) is 7.02. The Labute approximate surface area is 215 Å². The normalized spacial score (nSPS) is 18.5. The van der Waals surface area contributed by atoms with Gasteiger partial charge in [-0.05, 0) is 61.9 Å². The quantitative estimate of drug-likeness (QED) is 0.213. The summed E-state index contributed by atoms with van der Waals surface area (Å²) in [6.07, 6.45) is 9.76. The summed E-state index contributed by atoms with van der Waals surface area (Å²) in [5.74, 6) is 0.257. The molecule has 2 saturated carbocycles. The van der Waals surface area contributed by atoms with E-state index in [1.54, 1.807) is 24.3 Å². The Balaban J connectivity index is 1.43. The van der Waals surface area contributed by atoms with Crippen LogP contribution in [0.2, 0.25) is 5.02 Å². The number of carbonyl (C=O) groups excluding carboxylic acids is 1. The van der Waals surface area contributed by atoms with Gasteiger partial charge in [-0.15, -0.1) is 0 Å². The van der Waals surface area contributed by atoms with Gasteiger partial charge in [-0.2, -0.15) is 0 Å². The number of halogens is 1. The number of hydrogen-bond acceptors (Lipinski definition) is 4. The van der Waals surface area contributed by atoms with Crippen LogP contribution in [0.5, 0.6) is 0 Å². The molecule has 2 fully saturated rings. The molecule has 0 aliphatic heterocycles. The van der Waals surface area contributed by atoms with Gasteiger partial charge in [0.15, 0.2) is 10.9 Å². The average molecular weight is 505 g/mol. The van der Waals surface area contributed by atoms with Crippen molar-refractivity contribution in [2.24, 2.45) is 0 Å². The van der Waals surface area contributed by atoms with Crippen LogP contribution in [0.15, 0.2) is 58.5 Å². The lowest BCUT2D eigenvalue weighted by atomic mass is 9.68. The smallest absolute Gasteiger partial charge is 0.258 e. The SMILES string of the molecule is O=C(CSc1nc2c(c(=O)n1C1CCCC1)CC1(CCCC1)c1ccccc1-2)c1ccc(Cl)cc1. The van der Waals surface area contributed by atoms with Crippen LogP contribution in [0.1, 0.15) is 78.9 Å². The molecule has 6 rings (SSSR count). The van der Waals surface area contributed by atoms with Crippen molar-refractivity contribution in [1.29, 1.82) is 0 Å². The number of ketones is 1. The minimum atomic E-state index is 0.0157. The number of rotatable bonds is 5. The van der Waals surface area contributed by atoms with Crippen LogP contribution in [0.3, 0.4) is 0 Å². The van der Waals surface area contributed by atoms with Crippen molar-refractivity contribution in [3.8, 4) is 11.3 Å². The van der Waals surface area contributed by atoms with Gasteiger partial charge in [0.25, 0.3) is 5.56 Å². The van der Waals surface area contributed by atoms with E-state index < -0.39 is 0 Å². The molecule has 0 N–H and O–H groups in total. The second-order valence-electron chi connectivity index (χ2n) is 10.3. The maximum Gasteiger partial charge on any atom is 0.258 e. The Bertz CT molecular complexity index is 1340. The van der Waals surface area contributed by atoms with E-state index in [4.69, 9.17) is 16.6 Å². The fourth-order valence-electron chi connectivity index (χ4n) is 6.45. The molecule has 0 atom stereocenters. The number of thioether (sulfide) groups is 1. The summed E-state index contributed by atoms with van der Waals surface area (Å²) in [5.41, 5.74) is 4.98. The van der Waals surface area contributed by atoms with Crippen LogP contribution >= 0.6 is 23.4 Å². The van der Waals surface area contributed by atoms with Crippen molar-refractivity contribution >= 4 is 29.1 Å². The molecule has 0 unspecified atom stereocenters. The van der Waals surface area contributed by atoms with Crippen molar-refractivity contribution in [3.63, 3.8) is 0 Å². The summed E-state index contributed by atoms with van der Waals surface area (Å²) in [6.45, 7) is 0. The third-order valence-electron chi connectivity index (χ3n) is 8.19. The van der Waals surface area contributed by atoms with Crippen molar-refractivity contribution in [3.05, 3.63) is 80.6 Å². The molecule has 2 aromatic carbocycles. The predicted molar refractivity (Wildman–Crippen MR) is 142 cm³/mol. The summed E-state index contributed by atoms with van der Waals surface area (Å²) < 4.78 is 1.95. The standard InChI is InChI=1S/C29H29ClN2O2S/c30-20-13-11-19(12-14-20)25(33)18-35-28-31-26-22-9-3-4-10-24(22)29(15-5-6-16-29)17-23(26)27(34)32(28)21-7-1-2-8-21/h3-4,9-14,21H,1-2,5-8,15-18H2. The van der Waals surface area contributed by atoms with E-state index >= 15 is 0 Å². The molecule has 0 saturated heterocycles. The Hall–Kier alpha value is -2.37. The lowest BCUT2D eigenvalue weighted by Crippen LogP contribution is -2.38.